The molecule has 0 aliphatic carbocycles. The van der Waals surface area contributed by atoms with Gasteiger partial charge in [0, 0.05) is 11.8 Å². The molecule has 4 rings (SSSR count). The molecular weight excluding hydrogens is 374 g/mol. The number of ether oxygens (including phenoxy) is 2. The Morgan fingerprint density at radius 2 is 1.72 bits per heavy atom. The van der Waals surface area contributed by atoms with Crippen molar-refractivity contribution in [1.82, 2.24) is 14.7 Å². The summed E-state index contributed by atoms with van der Waals surface area (Å²) < 4.78 is 11.5. The minimum Gasteiger partial charge on any atom is -0.452 e. The lowest BCUT2D eigenvalue weighted by Crippen LogP contribution is -2.35. The van der Waals surface area contributed by atoms with Crippen LogP contribution in [-0.2, 0) is 14.3 Å². The number of rotatable bonds is 5. The van der Waals surface area contributed by atoms with Gasteiger partial charge in [-0.2, -0.15) is 5.10 Å². The Bertz CT molecular complexity index is 1050. The highest BCUT2D eigenvalue weighted by atomic mass is 16.6. The summed E-state index contributed by atoms with van der Waals surface area (Å²) in [7, 11) is 0. The van der Waals surface area contributed by atoms with Crippen LogP contribution in [0.3, 0.4) is 0 Å². The van der Waals surface area contributed by atoms with Gasteiger partial charge in [-0.05, 0) is 12.1 Å². The van der Waals surface area contributed by atoms with Gasteiger partial charge in [-0.1, -0.05) is 48.5 Å². The zero-order valence-corrected chi connectivity index (χ0v) is 15.4. The number of esters is 1. The molecule has 2 amide bonds. The SMILES string of the molecule is O=C(OCC(=O)N1CCOC1=O)c1cn(-c2ccccc2)nc1-c1ccccc1. The summed E-state index contributed by atoms with van der Waals surface area (Å²) in [6.45, 7) is -0.268. The molecule has 1 saturated heterocycles. The van der Waals surface area contributed by atoms with Crippen LogP contribution in [0.4, 0.5) is 4.79 Å². The van der Waals surface area contributed by atoms with E-state index in [4.69, 9.17) is 9.47 Å². The Balaban J connectivity index is 1.59. The van der Waals surface area contributed by atoms with Crippen LogP contribution in [0, 0.1) is 0 Å². The van der Waals surface area contributed by atoms with E-state index in [-0.39, 0.29) is 18.7 Å². The molecule has 0 radical (unpaired) electrons. The molecule has 3 aromatic rings. The third-order valence-corrected chi connectivity index (χ3v) is 4.39. The Kier molecular flexibility index (Phi) is 5.07. The van der Waals surface area contributed by atoms with E-state index in [1.165, 1.54) is 0 Å². The number of cyclic esters (lactones) is 1. The largest absolute Gasteiger partial charge is 0.452 e. The lowest BCUT2D eigenvalue weighted by molar-refractivity contribution is -0.131. The van der Waals surface area contributed by atoms with Gasteiger partial charge in [0.05, 0.1) is 12.2 Å². The van der Waals surface area contributed by atoms with Crippen molar-refractivity contribution in [3.8, 4) is 16.9 Å². The molecule has 8 nitrogen and oxygen atoms in total. The quantitative estimate of drug-likeness (QED) is 0.621. The zero-order valence-electron chi connectivity index (χ0n) is 15.4. The molecule has 146 valence electrons. The van der Waals surface area contributed by atoms with Crippen molar-refractivity contribution in [3.63, 3.8) is 0 Å². The van der Waals surface area contributed by atoms with Gasteiger partial charge in [0.15, 0.2) is 6.61 Å². The third-order valence-electron chi connectivity index (χ3n) is 4.39. The number of carbonyl (C=O) groups is 3. The number of hydrogen-bond acceptors (Lipinski definition) is 6. The van der Waals surface area contributed by atoms with Crippen LogP contribution < -0.4 is 0 Å². The fourth-order valence-electron chi connectivity index (χ4n) is 2.95. The van der Waals surface area contributed by atoms with E-state index in [0.717, 1.165) is 16.2 Å². The number of imide groups is 1. The van der Waals surface area contributed by atoms with Crippen LogP contribution in [0.5, 0.6) is 0 Å². The van der Waals surface area contributed by atoms with Gasteiger partial charge in [-0.25, -0.2) is 19.2 Å². The first-order valence-electron chi connectivity index (χ1n) is 8.98. The summed E-state index contributed by atoms with van der Waals surface area (Å²) >= 11 is 0. The van der Waals surface area contributed by atoms with Crippen molar-refractivity contribution < 1.29 is 23.9 Å². The van der Waals surface area contributed by atoms with E-state index in [0.29, 0.717) is 5.69 Å². The molecule has 2 heterocycles. The molecule has 0 bridgehead atoms. The van der Waals surface area contributed by atoms with E-state index in [9.17, 15) is 14.4 Å². The van der Waals surface area contributed by atoms with Gasteiger partial charge in [-0.15, -0.1) is 0 Å². The number of benzene rings is 2. The zero-order chi connectivity index (χ0) is 20.2. The summed E-state index contributed by atoms with van der Waals surface area (Å²) in [5.74, 6) is -1.33. The first kappa shape index (κ1) is 18.4. The molecule has 0 unspecified atom stereocenters. The highest BCUT2D eigenvalue weighted by Gasteiger charge is 2.29. The van der Waals surface area contributed by atoms with E-state index < -0.39 is 24.6 Å². The second-order valence-electron chi connectivity index (χ2n) is 6.27. The molecule has 1 aromatic heterocycles. The average Bonchev–Trinajstić information content (AvgIpc) is 3.40. The van der Waals surface area contributed by atoms with E-state index >= 15 is 0 Å². The first-order chi connectivity index (χ1) is 14.1. The third kappa shape index (κ3) is 3.86. The molecule has 0 spiro atoms. The number of hydrogen-bond donors (Lipinski definition) is 0. The van der Waals surface area contributed by atoms with Gasteiger partial charge < -0.3 is 9.47 Å². The maximum Gasteiger partial charge on any atom is 0.416 e. The summed E-state index contributed by atoms with van der Waals surface area (Å²) in [4.78, 5) is 37.2. The second kappa shape index (κ2) is 7.97. The average molecular weight is 391 g/mol. The van der Waals surface area contributed by atoms with Crippen molar-refractivity contribution in [1.29, 1.82) is 0 Å². The fourth-order valence-corrected chi connectivity index (χ4v) is 2.95. The summed E-state index contributed by atoms with van der Waals surface area (Å²) in [5, 5.41) is 4.53. The van der Waals surface area contributed by atoms with Gasteiger partial charge >= 0.3 is 12.1 Å². The fraction of sp³-hybridized carbons (Fsp3) is 0.143. The molecule has 2 aromatic carbocycles. The summed E-state index contributed by atoms with van der Waals surface area (Å²) in [6, 6.07) is 18.6. The van der Waals surface area contributed by atoms with Crippen LogP contribution in [0.15, 0.2) is 66.9 Å². The molecular formula is C21H17N3O5. The number of nitrogens with zero attached hydrogens (tertiary/aromatic N) is 3. The molecule has 0 N–H and O–H groups in total. The number of amides is 2. The van der Waals surface area contributed by atoms with Crippen LogP contribution in [-0.4, -0.2) is 52.4 Å². The lowest BCUT2D eigenvalue weighted by Gasteiger charge is -2.10. The lowest BCUT2D eigenvalue weighted by atomic mass is 10.1. The highest BCUT2D eigenvalue weighted by molar-refractivity contribution is 5.99. The Labute approximate surface area is 166 Å². The molecule has 29 heavy (non-hydrogen) atoms. The maximum absolute atomic E-state index is 12.7. The molecule has 1 aliphatic rings. The second-order valence-corrected chi connectivity index (χ2v) is 6.27. The minimum absolute atomic E-state index is 0.139. The van der Waals surface area contributed by atoms with Crippen molar-refractivity contribution in [2.24, 2.45) is 0 Å². The van der Waals surface area contributed by atoms with Crippen LogP contribution in [0.1, 0.15) is 10.4 Å². The molecule has 1 fully saturated rings. The first-order valence-corrected chi connectivity index (χ1v) is 8.98. The van der Waals surface area contributed by atoms with Crippen molar-refractivity contribution >= 4 is 18.0 Å². The number of aromatic nitrogens is 2. The highest BCUT2D eigenvalue weighted by Crippen LogP contribution is 2.24. The Hall–Kier alpha value is -3.94. The van der Waals surface area contributed by atoms with E-state index in [2.05, 4.69) is 5.10 Å². The van der Waals surface area contributed by atoms with E-state index in [1.54, 1.807) is 10.9 Å². The predicted octanol–water partition coefficient (Wildman–Crippen LogP) is 2.67. The topological polar surface area (TPSA) is 90.7 Å². The molecule has 1 aliphatic heterocycles. The molecule has 0 saturated carbocycles. The van der Waals surface area contributed by atoms with Gasteiger partial charge in [0.25, 0.3) is 5.91 Å². The molecule has 8 heteroatoms. The normalized spacial score (nSPS) is 13.2. The summed E-state index contributed by atoms with van der Waals surface area (Å²) in [5.41, 5.74) is 2.17. The summed E-state index contributed by atoms with van der Waals surface area (Å²) in [6.07, 6.45) is 0.835. The monoisotopic (exact) mass is 391 g/mol. The van der Waals surface area contributed by atoms with E-state index in [1.807, 2.05) is 60.7 Å². The Morgan fingerprint density at radius 3 is 2.38 bits per heavy atom. The van der Waals surface area contributed by atoms with Crippen molar-refractivity contribution in [2.75, 3.05) is 19.8 Å². The number of para-hydroxylation sites is 1. The number of carbonyl (C=O) groups excluding carboxylic acids is 3. The predicted molar refractivity (Wildman–Crippen MR) is 102 cm³/mol. The van der Waals surface area contributed by atoms with Crippen LogP contribution in [0.25, 0.3) is 16.9 Å². The standard InChI is InChI=1S/C21H17N3O5/c25-18(23-11-12-28-21(23)27)14-29-20(26)17-13-24(16-9-5-2-6-10-16)22-19(17)15-7-3-1-4-8-15/h1-10,13H,11-12,14H2. The van der Waals surface area contributed by atoms with Crippen molar-refractivity contribution in [3.05, 3.63) is 72.4 Å². The smallest absolute Gasteiger partial charge is 0.416 e. The van der Waals surface area contributed by atoms with Gasteiger partial charge in [0.1, 0.15) is 17.9 Å². The maximum atomic E-state index is 12.7. The molecule has 0 atom stereocenters. The Morgan fingerprint density at radius 1 is 1.03 bits per heavy atom. The van der Waals surface area contributed by atoms with Gasteiger partial charge in [0.2, 0.25) is 0 Å². The van der Waals surface area contributed by atoms with Crippen molar-refractivity contribution in [2.45, 2.75) is 0 Å². The minimum atomic E-state index is -0.729. The van der Waals surface area contributed by atoms with Crippen LogP contribution in [0.2, 0.25) is 0 Å². The van der Waals surface area contributed by atoms with Gasteiger partial charge in [-0.3, -0.25) is 4.79 Å². The van der Waals surface area contributed by atoms with Crippen LogP contribution >= 0.6 is 0 Å².